The van der Waals surface area contributed by atoms with Gasteiger partial charge in [0.25, 0.3) is 0 Å². The molecule has 1 aliphatic rings. The minimum Gasteiger partial charge on any atom is -0.459 e. The Morgan fingerprint density at radius 2 is 1.85 bits per heavy atom. The second-order valence-corrected chi connectivity index (χ2v) is 4.01. The van der Waals surface area contributed by atoms with Crippen LogP contribution in [0.25, 0.3) is 0 Å². The zero-order valence-corrected chi connectivity index (χ0v) is 10.5. The van der Waals surface area contributed by atoms with Crippen LogP contribution in [0.5, 0.6) is 0 Å². The van der Waals surface area contributed by atoms with Crippen molar-refractivity contribution in [3.05, 3.63) is 48.0 Å². The van der Waals surface area contributed by atoms with Crippen molar-refractivity contribution in [2.75, 3.05) is 13.2 Å². The Morgan fingerprint density at radius 3 is 2.40 bits per heavy atom. The van der Waals surface area contributed by atoms with Crippen molar-refractivity contribution in [3.63, 3.8) is 0 Å². The molecule has 6 heteroatoms. The second-order valence-electron chi connectivity index (χ2n) is 4.01. The van der Waals surface area contributed by atoms with Gasteiger partial charge >= 0.3 is 17.9 Å². The molecule has 0 amide bonds. The van der Waals surface area contributed by atoms with Gasteiger partial charge in [-0.3, -0.25) is 0 Å². The molecule has 0 spiro atoms. The maximum absolute atomic E-state index is 11.9. The fourth-order valence-electron chi connectivity index (χ4n) is 1.44. The van der Waals surface area contributed by atoms with Crippen molar-refractivity contribution < 1.29 is 28.6 Å². The van der Waals surface area contributed by atoms with Crippen molar-refractivity contribution in [2.45, 2.75) is 6.10 Å². The number of ether oxygens (including phenoxy) is 3. The van der Waals surface area contributed by atoms with Crippen LogP contribution in [0.1, 0.15) is 20.7 Å². The Morgan fingerprint density at radius 1 is 1.25 bits per heavy atom. The van der Waals surface area contributed by atoms with Crippen LogP contribution in [0, 0.1) is 0 Å². The second kappa shape index (κ2) is 6.12. The lowest BCUT2D eigenvalue weighted by molar-refractivity contribution is -0.132. The number of carbonyl (C=O) groups is 3. The van der Waals surface area contributed by atoms with Crippen molar-refractivity contribution in [2.24, 2.45) is 0 Å². The zero-order valence-electron chi connectivity index (χ0n) is 10.5. The van der Waals surface area contributed by atoms with Gasteiger partial charge in [-0.15, -0.1) is 0 Å². The first-order valence-corrected chi connectivity index (χ1v) is 5.88. The summed E-state index contributed by atoms with van der Waals surface area (Å²) in [5, 5.41) is 0. The van der Waals surface area contributed by atoms with Crippen LogP contribution in [0.3, 0.4) is 0 Å². The van der Waals surface area contributed by atoms with Gasteiger partial charge in [0, 0.05) is 6.08 Å². The summed E-state index contributed by atoms with van der Waals surface area (Å²) < 4.78 is 14.4. The van der Waals surface area contributed by atoms with Crippen LogP contribution < -0.4 is 0 Å². The minimum atomic E-state index is -0.926. The highest BCUT2D eigenvalue weighted by Crippen LogP contribution is 2.14. The van der Waals surface area contributed by atoms with Gasteiger partial charge in [-0.2, -0.15) is 0 Å². The van der Waals surface area contributed by atoms with E-state index in [4.69, 9.17) is 9.47 Å². The van der Waals surface area contributed by atoms with Crippen LogP contribution in [-0.4, -0.2) is 37.2 Å². The van der Waals surface area contributed by atoms with Crippen LogP contribution in [0.4, 0.5) is 0 Å². The molecule has 1 atom stereocenters. The van der Waals surface area contributed by atoms with Gasteiger partial charge in [0.05, 0.1) is 17.7 Å². The third-order valence-corrected chi connectivity index (χ3v) is 2.53. The number of benzene rings is 1. The molecule has 0 radical (unpaired) electrons. The summed E-state index contributed by atoms with van der Waals surface area (Å²) in [7, 11) is 0. The van der Waals surface area contributed by atoms with E-state index in [2.05, 4.69) is 11.3 Å². The first-order chi connectivity index (χ1) is 9.61. The molecular formula is C14H12O6. The number of epoxide rings is 1. The van der Waals surface area contributed by atoms with Crippen LogP contribution >= 0.6 is 0 Å². The average molecular weight is 276 g/mol. The Kier molecular flexibility index (Phi) is 4.27. The van der Waals surface area contributed by atoms with E-state index in [0.717, 1.165) is 6.08 Å². The summed E-state index contributed by atoms with van der Waals surface area (Å²) in [6.45, 7) is 3.88. The fraction of sp³-hybridized carbons (Fsp3) is 0.214. The van der Waals surface area contributed by atoms with E-state index in [1.165, 1.54) is 12.1 Å². The summed E-state index contributed by atoms with van der Waals surface area (Å²) in [5.41, 5.74) is -0.000530. The van der Waals surface area contributed by atoms with Crippen molar-refractivity contribution in [1.82, 2.24) is 0 Å². The molecule has 0 N–H and O–H groups in total. The molecule has 1 aromatic carbocycles. The molecule has 20 heavy (non-hydrogen) atoms. The molecule has 2 rings (SSSR count). The lowest BCUT2D eigenvalue weighted by Crippen LogP contribution is -2.17. The van der Waals surface area contributed by atoms with Gasteiger partial charge in [0.1, 0.15) is 12.7 Å². The maximum Gasteiger partial charge on any atom is 0.346 e. The SMILES string of the molecule is C=CC(=O)OC(=O)c1ccccc1C(=O)OCC1CO1. The van der Waals surface area contributed by atoms with E-state index < -0.39 is 17.9 Å². The highest BCUT2D eigenvalue weighted by Gasteiger charge is 2.26. The summed E-state index contributed by atoms with van der Waals surface area (Å²) >= 11 is 0. The molecular weight excluding hydrogens is 264 g/mol. The Hall–Kier alpha value is -2.47. The normalized spacial score (nSPS) is 16.1. The molecule has 0 saturated carbocycles. The fourth-order valence-corrected chi connectivity index (χ4v) is 1.44. The average Bonchev–Trinajstić information content (AvgIpc) is 3.28. The molecule has 0 aliphatic carbocycles. The molecule has 104 valence electrons. The first-order valence-electron chi connectivity index (χ1n) is 5.88. The van der Waals surface area contributed by atoms with E-state index in [0.29, 0.717) is 6.61 Å². The van der Waals surface area contributed by atoms with E-state index in [1.54, 1.807) is 12.1 Å². The third kappa shape index (κ3) is 3.52. The molecule has 0 aromatic heterocycles. The molecule has 1 unspecified atom stereocenters. The lowest BCUT2D eigenvalue weighted by Gasteiger charge is -2.07. The van der Waals surface area contributed by atoms with Gasteiger partial charge in [-0.05, 0) is 12.1 Å². The molecule has 0 bridgehead atoms. The Bertz CT molecular complexity index is 559. The lowest BCUT2D eigenvalue weighted by atomic mass is 10.1. The molecule has 1 aromatic rings. The topological polar surface area (TPSA) is 82.2 Å². The predicted octanol–water partition coefficient (Wildman–Crippen LogP) is 1.11. The predicted molar refractivity (Wildman–Crippen MR) is 67.1 cm³/mol. The van der Waals surface area contributed by atoms with Crippen molar-refractivity contribution >= 4 is 17.9 Å². The smallest absolute Gasteiger partial charge is 0.346 e. The molecule has 1 fully saturated rings. The number of rotatable bonds is 5. The number of hydrogen-bond acceptors (Lipinski definition) is 6. The Balaban J connectivity index is 2.11. The molecule has 1 aliphatic heterocycles. The van der Waals surface area contributed by atoms with Gasteiger partial charge in [-0.25, -0.2) is 14.4 Å². The van der Waals surface area contributed by atoms with Gasteiger partial charge in [0.15, 0.2) is 0 Å². The van der Waals surface area contributed by atoms with E-state index in [9.17, 15) is 14.4 Å². The molecule has 6 nitrogen and oxygen atoms in total. The molecule has 1 heterocycles. The summed E-state index contributed by atoms with van der Waals surface area (Å²) in [6.07, 6.45) is 0.795. The van der Waals surface area contributed by atoms with E-state index in [1.807, 2.05) is 0 Å². The first kappa shape index (κ1) is 14.0. The van der Waals surface area contributed by atoms with Crippen LogP contribution in [0.15, 0.2) is 36.9 Å². The zero-order chi connectivity index (χ0) is 14.5. The van der Waals surface area contributed by atoms with Crippen molar-refractivity contribution in [3.8, 4) is 0 Å². The van der Waals surface area contributed by atoms with Gasteiger partial charge < -0.3 is 14.2 Å². The Labute approximate surface area is 114 Å². The third-order valence-electron chi connectivity index (χ3n) is 2.53. The maximum atomic E-state index is 11.9. The standard InChI is InChI=1S/C14H12O6/c1-2-12(15)20-14(17)11-6-4-3-5-10(11)13(16)19-8-9-7-18-9/h2-6,9H,1,7-8H2. The van der Waals surface area contributed by atoms with Gasteiger partial charge in [0.2, 0.25) is 0 Å². The largest absolute Gasteiger partial charge is 0.459 e. The van der Waals surface area contributed by atoms with Crippen molar-refractivity contribution in [1.29, 1.82) is 0 Å². The highest BCUT2D eigenvalue weighted by atomic mass is 16.6. The number of esters is 3. The van der Waals surface area contributed by atoms with E-state index >= 15 is 0 Å². The quantitative estimate of drug-likeness (QED) is 0.347. The van der Waals surface area contributed by atoms with Gasteiger partial charge in [-0.1, -0.05) is 18.7 Å². The summed E-state index contributed by atoms with van der Waals surface area (Å²) in [5.74, 6) is -2.48. The van der Waals surface area contributed by atoms with Crippen LogP contribution in [-0.2, 0) is 19.0 Å². The highest BCUT2D eigenvalue weighted by molar-refractivity contribution is 6.06. The van der Waals surface area contributed by atoms with Crippen LogP contribution in [0.2, 0.25) is 0 Å². The molecule has 1 saturated heterocycles. The minimum absolute atomic E-state index is 0.0370. The monoisotopic (exact) mass is 276 g/mol. The van der Waals surface area contributed by atoms with E-state index in [-0.39, 0.29) is 23.8 Å². The summed E-state index contributed by atoms with van der Waals surface area (Å²) in [4.78, 5) is 34.6. The number of carbonyl (C=O) groups excluding carboxylic acids is 3. The summed E-state index contributed by atoms with van der Waals surface area (Å²) in [6, 6.07) is 5.93. The number of hydrogen-bond donors (Lipinski definition) is 0.